The number of hydrogen-bond donors (Lipinski definition) is 3. The van der Waals surface area contributed by atoms with E-state index in [1.807, 2.05) is 72.8 Å². The van der Waals surface area contributed by atoms with Gasteiger partial charge in [0.15, 0.2) is 0 Å². The first-order chi connectivity index (χ1) is 14.1. The fourth-order valence-electron chi connectivity index (χ4n) is 3.20. The molecule has 2 atom stereocenters. The summed E-state index contributed by atoms with van der Waals surface area (Å²) in [4.78, 5) is 0. The van der Waals surface area contributed by atoms with E-state index in [1.165, 1.54) is 0 Å². The van der Waals surface area contributed by atoms with Crippen LogP contribution in [0.3, 0.4) is 0 Å². The van der Waals surface area contributed by atoms with Crippen LogP contribution in [0, 0.1) is 0 Å². The number of aliphatic hydroxyl groups excluding tert-OH is 2. The maximum absolute atomic E-state index is 9.87. The lowest BCUT2D eigenvalue weighted by atomic mass is 9.97. The quantitative estimate of drug-likeness (QED) is 0.476. The first-order valence-corrected chi connectivity index (χ1v) is 10.1. The average molecular weight is 412 g/mol. The Balaban J connectivity index is 1.71. The van der Waals surface area contributed by atoms with Crippen molar-refractivity contribution in [1.29, 1.82) is 0 Å². The van der Waals surface area contributed by atoms with Gasteiger partial charge in [0.05, 0.1) is 6.10 Å². The lowest BCUT2D eigenvalue weighted by molar-refractivity contribution is 0.118. The molecule has 0 bridgehead atoms. The van der Waals surface area contributed by atoms with Gasteiger partial charge in [0.25, 0.3) is 0 Å². The third-order valence-corrected chi connectivity index (χ3v) is 5.13. The highest BCUT2D eigenvalue weighted by Gasteiger charge is 2.15. The van der Waals surface area contributed by atoms with Crippen LogP contribution in [-0.2, 0) is 6.61 Å². The van der Waals surface area contributed by atoms with Crippen LogP contribution >= 0.6 is 11.6 Å². The van der Waals surface area contributed by atoms with E-state index in [4.69, 9.17) is 27.2 Å². The van der Waals surface area contributed by atoms with Crippen LogP contribution in [0.2, 0.25) is 5.02 Å². The summed E-state index contributed by atoms with van der Waals surface area (Å²) < 4.78 is 5.91. The van der Waals surface area contributed by atoms with Crippen LogP contribution in [0.25, 0.3) is 11.1 Å². The highest BCUT2D eigenvalue weighted by molar-refractivity contribution is 6.31. The maximum atomic E-state index is 9.87. The fraction of sp³-hybridized carbons (Fsp3) is 0.250. The number of benzene rings is 3. The van der Waals surface area contributed by atoms with Gasteiger partial charge in [0.2, 0.25) is 0 Å². The van der Waals surface area contributed by atoms with Gasteiger partial charge in [-0.2, -0.15) is 0 Å². The number of rotatable bonds is 9. The monoisotopic (exact) mass is 411 g/mol. The van der Waals surface area contributed by atoms with E-state index in [-0.39, 0.29) is 6.61 Å². The number of halogens is 1. The Hall–Kier alpha value is -2.37. The molecule has 0 aliphatic heterocycles. The minimum atomic E-state index is -0.649. The standard InChI is InChI=1S/C24H26ClNO3/c25-23-14-19(9-10-22(23)24(26)15-20(28)11-12-27)18-7-4-8-21(13-18)29-16-17-5-2-1-3-6-17/h1-10,13-14,20,24,27-28H,11-12,15-16,26H2. The van der Waals surface area contributed by atoms with Crippen molar-refractivity contribution >= 4 is 11.6 Å². The third-order valence-electron chi connectivity index (χ3n) is 4.80. The number of aliphatic hydroxyl groups is 2. The molecule has 0 spiro atoms. The molecule has 29 heavy (non-hydrogen) atoms. The van der Waals surface area contributed by atoms with Gasteiger partial charge in [-0.05, 0) is 53.3 Å². The predicted octanol–water partition coefficient (Wildman–Crippen LogP) is 4.72. The van der Waals surface area contributed by atoms with Crippen LogP contribution in [0.4, 0.5) is 0 Å². The van der Waals surface area contributed by atoms with Crippen molar-refractivity contribution in [2.45, 2.75) is 31.6 Å². The Kier molecular flexibility index (Phi) is 7.67. The number of hydrogen-bond acceptors (Lipinski definition) is 4. The lowest BCUT2D eigenvalue weighted by Gasteiger charge is -2.18. The number of ether oxygens (including phenoxy) is 1. The zero-order valence-corrected chi connectivity index (χ0v) is 16.9. The van der Waals surface area contributed by atoms with Gasteiger partial charge in [0.1, 0.15) is 12.4 Å². The van der Waals surface area contributed by atoms with E-state index in [0.29, 0.717) is 24.5 Å². The first-order valence-electron chi connectivity index (χ1n) is 9.68. The van der Waals surface area contributed by atoms with E-state index < -0.39 is 12.1 Å². The van der Waals surface area contributed by atoms with Crippen molar-refractivity contribution in [3.8, 4) is 16.9 Å². The normalized spacial score (nSPS) is 13.1. The molecule has 0 heterocycles. The Morgan fingerprint density at radius 1 is 0.931 bits per heavy atom. The van der Waals surface area contributed by atoms with Crippen molar-refractivity contribution in [2.24, 2.45) is 5.73 Å². The summed E-state index contributed by atoms with van der Waals surface area (Å²) >= 11 is 6.47. The molecule has 0 fully saturated rings. The van der Waals surface area contributed by atoms with Crippen molar-refractivity contribution in [3.63, 3.8) is 0 Å². The SMILES string of the molecule is NC(CC(O)CCO)c1ccc(-c2cccc(OCc3ccccc3)c2)cc1Cl. The Labute approximate surface area is 176 Å². The van der Waals surface area contributed by atoms with Crippen LogP contribution < -0.4 is 10.5 Å². The molecular weight excluding hydrogens is 386 g/mol. The second kappa shape index (κ2) is 10.4. The second-order valence-electron chi connectivity index (χ2n) is 7.05. The molecule has 4 nitrogen and oxygen atoms in total. The average Bonchev–Trinajstić information content (AvgIpc) is 2.73. The molecule has 0 aliphatic carbocycles. The molecule has 3 rings (SSSR count). The van der Waals surface area contributed by atoms with E-state index in [2.05, 4.69) is 0 Å². The largest absolute Gasteiger partial charge is 0.489 e. The van der Waals surface area contributed by atoms with Gasteiger partial charge in [-0.3, -0.25) is 0 Å². The van der Waals surface area contributed by atoms with Gasteiger partial charge in [-0.25, -0.2) is 0 Å². The van der Waals surface area contributed by atoms with Crippen molar-refractivity contribution in [1.82, 2.24) is 0 Å². The molecule has 0 aromatic heterocycles. The van der Waals surface area contributed by atoms with Gasteiger partial charge < -0.3 is 20.7 Å². The van der Waals surface area contributed by atoms with Crippen LogP contribution in [0.5, 0.6) is 5.75 Å². The molecule has 4 N–H and O–H groups in total. The summed E-state index contributed by atoms with van der Waals surface area (Å²) in [5.41, 5.74) is 10.0. The Morgan fingerprint density at radius 2 is 1.69 bits per heavy atom. The summed E-state index contributed by atoms with van der Waals surface area (Å²) in [6.07, 6.45) is 0.00548. The van der Waals surface area contributed by atoms with Gasteiger partial charge in [-0.1, -0.05) is 66.2 Å². The topological polar surface area (TPSA) is 75.7 Å². The molecule has 2 unspecified atom stereocenters. The maximum Gasteiger partial charge on any atom is 0.120 e. The predicted molar refractivity (Wildman–Crippen MR) is 117 cm³/mol. The molecule has 0 aliphatic rings. The molecule has 0 radical (unpaired) electrons. The molecular formula is C24H26ClNO3. The highest BCUT2D eigenvalue weighted by Crippen LogP contribution is 2.31. The van der Waals surface area contributed by atoms with Gasteiger partial charge in [0, 0.05) is 17.7 Å². The van der Waals surface area contributed by atoms with Gasteiger partial charge >= 0.3 is 0 Å². The molecule has 152 valence electrons. The first kappa shape index (κ1) is 21.3. The molecule has 0 saturated heterocycles. The highest BCUT2D eigenvalue weighted by atomic mass is 35.5. The van der Waals surface area contributed by atoms with Crippen molar-refractivity contribution < 1.29 is 14.9 Å². The summed E-state index contributed by atoms with van der Waals surface area (Å²) in [6.45, 7) is 0.443. The minimum absolute atomic E-state index is 0.0662. The lowest BCUT2D eigenvalue weighted by Crippen LogP contribution is -2.20. The van der Waals surface area contributed by atoms with Crippen molar-refractivity contribution in [2.75, 3.05) is 6.61 Å². The molecule has 0 amide bonds. The smallest absolute Gasteiger partial charge is 0.120 e. The van der Waals surface area contributed by atoms with E-state index >= 15 is 0 Å². The van der Waals surface area contributed by atoms with Crippen LogP contribution in [0.1, 0.15) is 30.0 Å². The second-order valence-corrected chi connectivity index (χ2v) is 7.45. The molecule has 5 heteroatoms. The van der Waals surface area contributed by atoms with Gasteiger partial charge in [-0.15, -0.1) is 0 Å². The van der Waals surface area contributed by atoms with E-state index in [0.717, 1.165) is 28.0 Å². The van der Waals surface area contributed by atoms with E-state index in [1.54, 1.807) is 0 Å². The number of nitrogens with two attached hydrogens (primary N) is 1. The zero-order valence-electron chi connectivity index (χ0n) is 16.2. The summed E-state index contributed by atoms with van der Waals surface area (Å²) in [5, 5.41) is 19.4. The Bertz CT molecular complexity index is 917. The fourth-order valence-corrected chi connectivity index (χ4v) is 3.52. The summed E-state index contributed by atoms with van der Waals surface area (Å²) in [7, 11) is 0. The molecule has 0 saturated carbocycles. The van der Waals surface area contributed by atoms with Crippen molar-refractivity contribution in [3.05, 3.63) is 88.9 Å². The molecule has 3 aromatic rings. The molecule has 3 aromatic carbocycles. The minimum Gasteiger partial charge on any atom is -0.489 e. The van der Waals surface area contributed by atoms with E-state index in [9.17, 15) is 5.11 Å². The zero-order chi connectivity index (χ0) is 20.6. The summed E-state index contributed by atoms with van der Waals surface area (Å²) in [6, 6.07) is 23.3. The third kappa shape index (κ3) is 6.05. The Morgan fingerprint density at radius 3 is 2.41 bits per heavy atom. The van der Waals surface area contributed by atoms with Crippen LogP contribution in [-0.4, -0.2) is 22.9 Å². The van der Waals surface area contributed by atoms with Crippen LogP contribution in [0.15, 0.2) is 72.8 Å². The summed E-state index contributed by atoms with van der Waals surface area (Å²) in [5.74, 6) is 0.787.